The summed E-state index contributed by atoms with van der Waals surface area (Å²) >= 11 is 0. The molecule has 36 heavy (non-hydrogen) atoms. The molecule has 1 saturated heterocycles. The lowest BCUT2D eigenvalue weighted by molar-refractivity contribution is -0.128. The van der Waals surface area contributed by atoms with Gasteiger partial charge in [0.25, 0.3) is 11.8 Å². The van der Waals surface area contributed by atoms with Crippen molar-refractivity contribution in [2.75, 3.05) is 6.54 Å². The highest BCUT2D eigenvalue weighted by Crippen LogP contribution is 2.29. The highest BCUT2D eigenvalue weighted by Gasteiger charge is 2.40. The quantitative estimate of drug-likeness (QED) is 0.573. The predicted octanol–water partition coefficient (Wildman–Crippen LogP) is 3.09. The zero-order valence-corrected chi connectivity index (χ0v) is 19.8. The molecule has 0 aliphatic carbocycles. The van der Waals surface area contributed by atoms with Crippen LogP contribution in [0, 0.1) is 5.82 Å². The van der Waals surface area contributed by atoms with Gasteiger partial charge in [-0.25, -0.2) is 4.39 Å². The van der Waals surface area contributed by atoms with Crippen LogP contribution in [0.5, 0.6) is 5.75 Å². The molecule has 3 heterocycles. The number of fused-ring (bicyclic) bond motifs is 2. The molecule has 0 unspecified atom stereocenters. The summed E-state index contributed by atoms with van der Waals surface area (Å²) in [6, 6.07) is 15.0. The van der Waals surface area contributed by atoms with Crippen molar-refractivity contribution < 1.29 is 23.5 Å². The van der Waals surface area contributed by atoms with Crippen molar-refractivity contribution in [1.82, 2.24) is 14.8 Å². The first kappa shape index (κ1) is 23.7. The Balaban J connectivity index is 1.49. The maximum Gasteiger partial charge on any atom is 0.276 e. The van der Waals surface area contributed by atoms with Crippen LogP contribution in [-0.4, -0.2) is 40.2 Å². The molecule has 3 aromatic rings. The molecule has 0 spiro atoms. The first-order valence-corrected chi connectivity index (χ1v) is 11.8. The van der Waals surface area contributed by atoms with Gasteiger partial charge in [-0.2, -0.15) is 0 Å². The van der Waals surface area contributed by atoms with Crippen molar-refractivity contribution >= 4 is 11.8 Å². The van der Waals surface area contributed by atoms with E-state index in [9.17, 15) is 18.8 Å². The van der Waals surface area contributed by atoms with Crippen LogP contribution in [0.3, 0.4) is 0 Å². The number of hydrogen-bond donors (Lipinski definition) is 1. The summed E-state index contributed by atoms with van der Waals surface area (Å²) in [5, 5.41) is 2.70. The number of nitrogens with one attached hydrogen (secondary N) is 1. The van der Waals surface area contributed by atoms with Crippen LogP contribution in [-0.2, 0) is 24.4 Å². The second kappa shape index (κ2) is 9.94. The number of amides is 2. The molecule has 5 rings (SSSR count). The van der Waals surface area contributed by atoms with E-state index in [1.165, 1.54) is 18.3 Å². The lowest BCUT2D eigenvalue weighted by atomic mass is 10.1. The molecule has 9 heteroatoms. The van der Waals surface area contributed by atoms with Crippen LogP contribution in [0.4, 0.5) is 4.39 Å². The van der Waals surface area contributed by atoms with Crippen molar-refractivity contribution in [2.45, 2.75) is 45.4 Å². The van der Waals surface area contributed by atoms with Gasteiger partial charge in [-0.15, -0.1) is 0 Å². The average Bonchev–Trinajstić information content (AvgIpc) is 2.88. The van der Waals surface area contributed by atoms with E-state index < -0.39 is 17.6 Å². The lowest BCUT2D eigenvalue weighted by Crippen LogP contribution is -2.55. The third kappa shape index (κ3) is 4.74. The summed E-state index contributed by atoms with van der Waals surface area (Å²) < 4.78 is 26.7. The molecule has 2 aliphatic rings. The van der Waals surface area contributed by atoms with Crippen LogP contribution in [0.2, 0.25) is 0 Å². The minimum Gasteiger partial charge on any atom is -0.483 e. The fourth-order valence-corrected chi connectivity index (χ4v) is 4.46. The van der Waals surface area contributed by atoms with E-state index in [4.69, 9.17) is 9.47 Å². The van der Waals surface area contributed by atoms with E-state index in [1.807, 2.05) is 37.3 Å². The van der Waals surface area contributed by atoms with Gasteiger partial charge >= 0.3 is 0 Å². The van der Waals surface area contributed by atoms with Crippen LogP contribution in [0.1, 0.15) is 45.3 Å². The van der Waals surface area contributed by atoms with Crippen LogP contribution >= 0.6 is 0 Å². The normalized spacial score (nSPS) is 18.8. The number of aromatic nitrogens is 1. The summed E-state index contributed by atoms with van der Waals surface area (Å²) in [5.74, 6) is -1.51. The molecule has 8 nitrogen and oxygen atoms in total. The highest BCUT2D eigenvalue weighted by molar-refractivity contribution is 5.99. The molecule has 0 radical (unpaired) electrons. The number of carbonyl (C=O) groups excluding carboxylic acids is 2. The first-order valence-electron chi connectivity index (χ1n) is 11.8. The second-order valence-electron chi connectivity index (χ2n) is 8.97. The topological polar surface area (TPSA) is 89.9 Å². The Kier molecular flexibility index (Phi) is 6.56. The van der Waals surface area contributed by atoms with Gasteiger partial charge in [0, 0.05) is 19.3 Å². The zero-order valence-electron chi connectivity index (χ0n) is 19.8. The molecule has 2 aromatic carbocycles. The Hall–Kier alpha value is -3.98. The van der Waals surface area contributed by atoms with Crippen LogP contribution in [0.25, 0.3) is 0 Å². The summed E-state index contributed by atoms with van der Waals surface area (Å²) in [5.41, 5.74) is 0.804. The number of ether oxygens (including phenoxy) is 2. The molecule has 1 N–H and O–H groups in total. The fourth-order valence-electron chi connectivity index (χ4n) is 4.46. The van der Waals surface area contributed by atoms with E-state index in [0.717, 1.165) is 5.56 Å². The van der Waals surface area contributed by atoms with Crippen LogP contribution < -0.4 is 15.5 Å². The first-order chi connectivity index (χ1) is 17.4. The van der Waals surface area contributed by atoms with Gasteiger partial charge in [0.2, 0.25) is 5.43 Å². The van der Waals surface area contributed by atoms with Gasteiger partial charge in [-0.05, 0) is 36.6 Å². The molecule has 186 valence electrons. The minimum atomic E-state index is -0.660. The smallest absolute Gasteiger partial charge is 0.276 e. The fraction of sp³-hybridized carbons (Fsp3) is 0.296. The number of pyridine rings is 1. The summed E-state index contributed by atoms with van der Waals surface area (Å²) in [4.78, 5) is 41.6. The number of carbonyl (C=O) groups is 2. The molecule has 1 aromatic heterocycles. The Morgan fingerprint density at radius 3 is 2.61 bits per heavy atom. The average molecular weight is 492 g/mol. The Morgan fingerprint density at radius 2 is 1.86 bits per heavy atom. The predicted molar refractivity (Wildman–Crippen MR) is 129 cm³/mol. The molecule has 0 saturated carbocycles. The largest absolute Gasteiger partial charge is 0.483 e. The summed E-state index contributed by atoms with van der Waals surface area (Å²) in [7, 11) is 0. The molecular weight excluding hydrogens is 465 g/mol. The Bertz CT molecular complexity index is 1340. The lowest BCUT2D eigenvalue weighted by Gasteiger charge is -2.42. The maximum atomic E-state index is 13.5. The monoisotopic (exact) mass is 491 g/mol. The van der Waals surface area contributed by atoms with Crippen molar-refractivity contribution in [3.63, 3.8) is 0 Å². The SMILES string of the molecule is C[C@@H]1CCN2C(=O)c3c(OCc4ccccc4)c(=O)c(C(=O)NCc4ccc(F)cc4)cn3C[C@@H]2O1. The Morgan fingerprint density at radius 1 is 1.11 bits per heavy atom. The van der Waals surface area contributed by atoms with E-state index in [1.54, 1.807) is 21.6 Å². The van der Waals surface area contributed by atoms with Gasteiger partial charge in [0.15, 0.2) is 17.7 Å². The van der Waals surface area contributed by atoms with Crippen molar-refractivity contribution in [3.05, 3.63) is 99.2 Å². The zero-order chi connectivity index (χ0) is 25.2. The van der Waals surface area contributed by atoms with E-state index in [-0.39, 0.29) is 54.5 Å². The van der Waals surface area contributed by atoms with Gasteiger partial charge in [0.1, 0.15) is 18.0 Å². The molecule has 1 fully saturated rings. The molecule has 2 aliphatic heterocycles. The van der Waals surface area contributed by atoms with Crippen molar-refractivity contribution in [2.24, 2.45) is 0 Å². The van der Waals surface area contributed by atoms with Gasteiger partial charge in [0.05, 0.1) is 12.6 Å². The highest BCUT2D eigenvalue weighted by atomic mass is 19.1. The standard InChI is InChI=1S/C27H26FN3O5/c1-17-11-12-31-22(36-17)15-30-14-21(26(33)29-13-18-7-9-20(28)10-8-18)24(32)25(23(30)27(31)34)35-16-19-5-3-2-4-6-19/h2-10,14,17,22H,11-13,15-16H2,1H3,(H,29,33)/t17-,22+/m1/s1. The van der Waals surface area contributed by atoms with Crippen molar-refractivity contribution in [1.29, 1.82) is 0 Å². The third-order valence-corrected chi connectivity index (χ3v) is 6.40. The van der Waals surface area contributed by atoms with Crippen LogP contribution in [0.15, 0.2) is 65.6 Å². The number of rotatable bonds is 6. The second-order valence-corrected chi connectivity index (χ2v) is 8.97. The maximum absolute atomic E-state index is 13.5. The summed E-state index contributed by atoms with van der Waals surface area (Å²) in [6.45, 7) is 2.90. The Labute approximate surface area is 207 Å². The molecule has 2 atom stereocenters. The molecule has 2 amide bonds. The van der Waals surface area contributed by atoms with E-state index in [2.05, 4.69) is 5.32 Å². The molecular formula is C27H26FN3O5. The van der Waals surface area contributed by atoms with Crippen molar-refractivity contribution in [3.8, 4) is 5.75 Å². The number of halogens is 1. The minimum absolute atomic E-state index is 0.00717. The van der Waals surface area contributed by atoms with E-state index in [0.29, 0.717) is 18.5 Å². The van der Waals surface area contributed by atoms with Gasteiger partial charge < -0.3 is 24.3 Å². The number of hydrogen-bond acceptors (Lipinski definition) is 5. The number of nitrogens with zero attached hydrogens (tertiary/aromatic N) is 2. The number of benzene rings is 2. The van der Waals surface area contributed by atoms with Gasteiger partial charge in [-0.3, -0.25) is 14.4 Å². The third-order valence-electron chi connectivity index (χ3n) is 6.40. The summed E-state index contributed by atoms with van der Waals surface area (Å²) in [6.07, 6.45) is 1.59. The molecule has 0 bridgehead atoms. The van der Waals surface area contributed by atoms with E-state index >= 15 is 0 Å². The van der Waals surface area contributed by atoms with Gasteiger partial charge in [-0.1, -0.05) is 42.5 Å².